The summed E-state index contributed by atoms with van der Waals surface area (Å²) < 4.78 is 30.2. The summed E-state index contributed by atoms with van der Waals surface area (Å²) in [5, 5.41) is 0. The second-order valence-electron chi connectivity index (χ2n) is 9.49. The fraction of sp³-hybridized carbons (Fsp3) is 0.560. The van der Waals surface area contributed by atoms with Gasteiger partial charge in [-0.05, 0) is 82.7 Å². The van der Waals surface area contributed by atoms with E-state index in [2.05, 4.69) is 23.3 Å². The van der Waals surface area contributed by atoms with Crippen LogP contribution in [0, 0.1) is 13.8 Å². The zero-order chi connectivity index (χ0) is 23.0. The summed E-state index contributed by atoms with van der Waals surface area (Å²) in [6.07, 6.45) is 4.32. The van der Waals surface area contributed by atoms with E-state index in [-0.39, 0.29) is 5.78 Å². The maximum atomic E-state index is 13.2. The number of aryl methyl sites for hydroxylation is 3. The van der Waals surface area contributed by atoms with Gasteiger partial charge < -0.3 is 4.57 Å². The minimum absolute atomic E-state index is 0.107. The van der Waals surface area contributed by atoms with Crippen molar-refractivity contribution in [1.82, 2.24) is 13.8 Å². The maximum absolute atomic E-state index is 13.2. The zero-order valence-electron chi connectivity index (χ0n) is 19.7. The summed E-state index contributed by atoms with van der Waals surface area (Å²) in [6, 6.07) is 7.93. The number of carbonyl (C=O) groups is 1. The third-order valence-electron chi connectivity index (χ3n) is 6.96. The number of hydrogen-bond donors (Lipinski definition) is 0. The van der Waals surface area contributed by atoms with Gasteiger partial charge in [-0.25, -0.2) is 8.42 Å². The normalized spacial score (nSPS) is 18.2. The molecule has 2 heterocycles. The number of ketones is 1. The Kier molecular flexibility index (Phi) is 6.61. The van der Waals surface area contributed by atoms with Crippen LogP contribution in [0.3, 0.4) is 0 Å². The lowest BCUT2D eigenvalue weighted by Crippen LogP contribution is -2.49. The van der Waals surface area contributed by atoms with Gasteiger partial charge in [0.1, 0.15) is 0 Å². The summed E-state index contributed by atoms with van der Waals surface area (Å²) in [7, 11) is -3.50. The lowest BCUT2D eigenvalue weighted by molar-refractivity contribution is 0.0901. The average molecular weight is 458 g/mol. The van der Waals surface area contributed by atoms with E-state index in [0.29, 0.717) is 43.7 Å². The molecule has 2 aromatic rings. The Morgan fingerprint density at radius 2 is 1.62 bits per heavy atom. The van der Waals surface area contributed by atoms with Crippen LogP contribution in [-0.4, -0.2) is 60.7 Å². The monoisotopic (exact) mass is 457 g/mol. The van der Waals surface area contributed by atoms with Gasteiger partial charge in [0.2, 0.25) is 10.0 Å². The molecule has 2 aliphatic rings. The van der Waals surface area contributed by atoms with E-state index >= 15 is 0 Å². The molecule has 1 fully saturated rings. The van der Waals surface area contributed by atoms with Crippen LogP contribution in [0.5, 0.6) is 0 Å². The van der Waals surface area contributed by atoms with E-state index in [4.69, 9.17) is 0 Å². The number of piperazine rings is 1. The molecule has 1 aromatic carbocycles. The van der Waals surface area contributed by atoms with Crippen molar-refractivity contribution in [2.75, 3.05) is 32.7 Å². The first-order chi connectivity index (χ1) is 15.2. The van der Waals surface area contributed by atoms with Crippen molar-refractivity contribution in [3.8, 4) is 0 Å². The van der Waals surface area contributed by atoms with Crippen molar-refractivity contribution >= 4 is 15.8 Å². The molecule has 7 heteroatoms. The summed E-state index contributed by atoms with van der Waals surface area (Å²) >= 11 is 0. The van der Waals surface area contributed by atoms with Crippen LogP contribution in [0.15, 0.2) is 29.2 Å². The molecular weight excluding hydrogens is 422 g/mol. The number of aromatic nitrogens is 1. The Morgan fingerprint density at radius 1 is 0.969 bits per heavy atom. The first-order valence-corrected chi connectivity index (χ1v) is 13.2. The number of sulfonamides is 1. The number of nitrogens with zero attached hydrogens (tertiary/aromatic N) is 3. The molecule has 0 amide bonds. The standard InChI is InChI=1S/C25H35N3O3S/c1-18(2)28-19(3)15-24(20(28)4)25(29)17-26-11-13-27(14-12-26)32(30,31)23-10-9-21-7-5-6-8-22(21)16-23/h9-10,15-16,18H,5-8,11-14,17H2,1-4H3. The molecule has 32 heavy (non-hydrogen) atoms. The van der Waals surface area contributed by atoms with E-state index in [1.54, 1.807) is 10.4 Å². The second kappa shape index (κ2) is 9.12. The summed E-state index contributed by atoms with van der Waals surface area (Å²) in [5.74, 6) is 0.107. The van der Waals surface area contributed by atoms with Gasteiger partial charge in [0.15, 0.2) is 5.78 Å². The maximum Gasteiger partial charge on any atom is 0.243 e. The number of rotatable bonds is 6. The molecule has 1 aliphatic heterocycles. The second-order valence-corrected chi connectivity index (χ2v) is 11.4. The van der Waals surface area contributed by atoms with E-state index in [1.165, 1.54) is 17.5 Å². The molecule has 174 valence electrons. The van der Waals surface area contributed by atoms with Gasteiger partial charge in [-0.1, -0.05) is 6.07 Å². The van der Waals surface area contributed by atoms with E-state index in [9.17, 15) is 13.2 Å². The van der Waals surface area contributed by atoms with E-state index in [1.807, 2.05) is 32.0 Å². The zero-order valence-corrected chi connectivity index (χ0v) is 20.5. The molecule has 1 aliphatic carbocycles. The van der Waals surface area contributed by atoms with Gasteiger partial charge in [0.25, 0.3) is 0 Å². The number of Topliss-reactive ketones (excluding diaryl/α,β-unsaturated/α-hetero) is 1. The highest BCUT2D eigenvalue weighted by molar-refractivity contribution is 7.89. The summed E-state index contributed by atoms with van der Waals surface area (Å²) in [4.78, 5) is 15.4. The highest BCUT2D eigenvalue weighted by Crippen LogP contribution is 2.26. The van der Waals surface area contributed by atoms with Crippen LogP contribution in [0.1, 0.15) is 65.6 Å². The molecule has 1 aromatic heterocycles. The molecule has 0 unspecified atom stereocenters. The smallest absolute Gasteiger partial charge is 0.243 e. The molecule has 0 N–H and O–H groups in total. The lowest BCUT2D eigenvalue weighted by Gasteiger charge is -2.33. The number of fused-ring (bicyclic) bond motifs is 1. The van der Waals surface area contributed by atoms with Crippen LogP contribution >= 0.6 is 0 Å². The van der Waals surface area contributed by atoms with Gasteiger partial charge in [-0.15, -0.1) is 0 Å². The third kappa shape index (κ3) is 4.43. The van der Waals surface area contributed by atoms with Gasteiger partial charge >= 0.3 is 0 Å². The molecule has 0 radical (unpaired) electrons. The highest BCUT2D eigenvalue weighted by atomic mass is 32.2. The van der Waals surface area contributed by atoms with Crippen LogP contribution in [0.25, 0.3) is 0 Å². The van der Waals surface area contributed by atoms with Crippen molar-refractivity contribution < 1.29 is 13.2 Å². The SMILES string of the molecule is Cc1cc(C(=O)CN2CCN(S(=O)(=O)c3ccc4c(c3)CCCC4)CC2)c(C)n1C(C)C. The Labute approximate surface area is 192 Å². The minimum atomic E-state index is -3.50. The molecule has 1 saturated heterocycles. The number of hydrogen-bond acceptors (Lipinski definition) is 4. The number of carbonyl (C=O) groups excluding carboxylic acids is 1. The fourth-order valence-corrected chi connectivity index (χ4v) is 6.76. The third-order valence-corrected chi connectivity index (χ3v) is 8.85. The fourth-order valence-electron chi connectivity index (χ4n) is 5.29. The Morgan fingerprint density at radius 3 is 2.25 bits per heavy atom. The molecule has 6 nitrogen and oxygen atoms in total. The van der Waals surface area contributed by atoms with Gasteiger partial charge in [-0.2, -0.15) is 4.31 Å². The van der Waals surface area contributed by atoms with Crippen molar-refractivity contribution in [3.05, 3.63) is 52.3 Å². The first kappa shape index (κ1) is 23.2. The van der Waals surface area contributed by atoms with Gasteiger partial charge in [0, 0.05) is 49.2 Å². The molecular formula is C25H35N3O3S. The number of benzene rings is 1. The van der Waals surface area contributed by atoms with Crippen LogP contribution < -0.4 is 0 Å². The predicted octanol–water partition coefficient (Wildman–Crippen LogP) is 3.75. The average Bonchev–Trinajstić information content (AvgIpc) is 3.08. The van der Waals surface area contributed by atoms with Crippen molar-refractivity contribution in [2.45, 2.75) is 64.3 Å². The largest absolute Gasteiger partial charge is 0.346 e. The van der Waals surface area contributed by atoms with Crippen LogP contribution in [-0.2, 0) is 22.9 Å². The van der Waals surface area contributed by atoms with Crippen molar-refractivity contribution in [3.63, 3.8) is 0 Å². The predicted molar refractivity (Wildman–Crippen MR) is 127 cm³/mol. The van der Waals surface area contributed by atoms with Gasteiger partial charge in [0.05, 0.1) is 11.4 Å². The van der Waals surface area contributed by atoms with Crippen LogP contribution in [0.4, 0.5) is 0 Å². The lowest BCUT2D eigenvalue weighted by atomic mass is 9.92. The summed E-state index contributed by atoms with van der Waals surface area (Å²) in [5.41, 5.74) is 5.36. The summed E-state index contributed by atoms with van der Waals surface area (Å²) in [6.45, 7) is 10.6. The Balaban J connectivity index is 1.40. The van der Waals surface area contributed by atoms with E-state index < -0.39 is 10.0 Å². The van der Waals surface area contributed by atoms with E-state index in [0.717, 1.165) is 36.2 Å². The van der Waals surface area contributed by atoms with Gasteiger partial charge in [-0.3, -0.25) is 9.69 Å². The minimum Gasteiger partial charge on any atom is -0.346 e. The van der Waals surface area contributed by atoms with Crippen LogP contribution in [0.2, 0.25) is 0 Å². The molecule has 0 bridgehead atoms. The quantitative estimate of drug-likeness (QED) is 0.620. The Bertz CT molecular complexity index is 1110. The highest BCUT2D eigenvalue weighted by Gasteiger charge is 2.30. The molecule has 0 spiro atoms. The molecule has 0 atom stereocenters. The topological polar surface area (TPSA) is 62.6 Å². The van der Waals surface area contributed by atoms with Crippen molar-refractivity contribution in [2.24, 2.45) is 0 Å². The van der Waals surface area contributed by atoms with Crippen molar-refractivity contribution in [1.29, 1.82) is 0 Å². The molecule has 0 saturated carbocycles. The molecule has 4 rings (SSSR count). The first-order valence-electron chi connectivity index (χ1n) is 11.7. The Hall–Kier alpha value is -1.96.